The van der Waals surface area contributed by atoms with Crippen molar-refractivity contribution in [3.05, 3.63) is 58.5 Å². The van der Waals surface area contributed by atoms with Crippen molar-refractivity contribution in [3.8, 4) is 5.75 Å². The van der Waals surface area contributed by atoms with Crippen LogP contribution in [0.2, 0.25) is 0 Å². The Hall–Kier alpha value is -2.33. The van der Waals surface area contributed by atoms with Crippen LogP contribution in [-0.4, -0.2) is 18.8 Å². The van der Waals surface area contributed by atoms with Crippen molar-refractivity contribution in [3.63, 3.8) is 0 Å². The molecule has 0 bridgehead atoms. The van der Waals surface area contributed by atoms with Gasteiger partial charge in [-0.25, -0.2) is 4.79 Å². The fraction of sp³-hybridized carbons (Fsp3) is 0.133. The van der Waals surface area contributed by atoms with Gasteiger partial charge in [0.1, 0.15) is 11.3 Å². The number of aliphatic hydroxyl groups excluding tert-OH is 1. The lowest BCUT2D eigenvalue weighted by atomic mass is 10.1. The van der Waals surface area contributed by atoms with Crippen LogP contribution in [0.5, 0.6) is 5.75 Å². The number of rotatable bonds is 4. The van der Waals surface area contributed by atoms with Crippen LogP contribution in [0.15, 0.2) is 51.7 Å². The van der Waals surface area contributed by atoms with Gasteiger partial charge in [0.25, 0.3) is 0 Å². The van der Waals surface area contributed by atoms with Crippen molar-refractivity contribution < 1.29 is 14.3 Å². The molecule has 0 aliphatic heterocycles. The molecule has 4 nitrogen and oxygen atoms in total. The Morgan fingerprint density at radius 2 is 2.16 bits per heavy atom. The van der Waals surface area contributed by atoms with E-state index in [-0.39, 0.29) is 6.61 Å². The normalized spacial score (nSPS) is 11.1. The van der Waals surface area contributed by atoms with Gasteiger partial charge in [-0.15, -0.1) is 0 Å². The molecular weight excluding hydrogens is 244 g/mol. The highest BCUT2D eigenvalue weighted by Gasteiger charge is 2.08. The van der Waals surface area contributed by atoms with E-state index in [1.54, 1.807) is 31.4 Å². The molecule has 0 saturated carbocycles. The van der Waals surface area contributed by atoms with Gasteiger partial charge in [-0.2, -0.15) is 0 Å². The number of aliphatic hydroxyl groups is 1. The molecule has 2 aromatic rings. The molecule has 0 fully saturated rings. The number of fused-ring (bicyclic) bond motifs is 1. The molecule has 1 heterocycles. The molecule has 4 heteroatoms. The minimum Gasteiger partial charge on any atom is -0.496 e. The maximum Gasteiger partial charge on any atom is 0.336 e. The number of methoxy groups -OCH3 is 1. The van der Waals surface area contributed by atoms with Gasteiger partial charge in [-0.05, 0) is 29.8 Å². The molecule has 1 aromatic carbocycles. The molecule has 98 valence electrons. The fourth-order valence-corrected chi connectivity index (χ4v) is 1.73. The van der Waals surface area contributed by atoms with E-state index in [1.807, 2.05) is 6.07 Å². The molecule has 0 radical (unpaired) electrons. The van der Waals surface area contributed by atoms with E-state index in [4.69, 9.17) is 14.3 Å². The maximum absolute atomic E-state index is 11.3. The first-order valence-electron chi connectivity index (χ1n) is 5.73. The summed E-state index contributed by atoms with van der Waals surface area (Å²) in [6.45, 7) is 3.54. The van der Waals surface area contributed by atoms with Gasteiger partial charge in [-0.1, -0.05) is 12.7 Å². The van der Waals surface area contributed by atoms with Gasteiger partial charge in [0.15, 0.2) is 0 Å². The van der Waals surface area contributed by atoms with Crippen LogP contribution in [0.1, 0.15) is 5.56 Å². The minimum absolute atomic E-state index is 0.131. The van der Waals surface area contributed by atoms with Crippen molar-refractivity contribution in [1.82, 2.24) is 0 Å². The van der Waals surface area contributed by atoms with Crippen LogP contribution >= 0.6 is 0 Å². The summed E-state index contributed by atoms with van der Waals surface area (Å²) in [5.41, 5.74) is 1.23. The first-order valence-corrected chi connectivity index (χ1v) is 5.73. The summed E-state index contributed by atoms with van der Waals surface area (Å²) in [5, 5.41) is 9.74. The van der Waals surface area contributed by atoms with Crippen LogP contribution < -0.4 is 10.4 Å². The van der Waals surface area contributed by atoms with Crippen molar-refractivity contribution in [2.75, 3.05) is 13.7 Å². The first kappa shape index (κ1) is 13.1. The van der Waals surface area contributed by atoms with E-state index in [1.165, 1.54) is 6.07 Å². The molecular formula is C15H14O4. The SMILES string of the molecule is C=C(/C=C\c1c(OC)ccc2ccc(=O)oc12)CO. The van der Waals surface area contributed by atoms with Crippen LogP contribution in [0.4, 0.5) is 0 Å². The zero-order valence-electron chi connectivity index (χ0n) is 10.6. The monoisotopic (exact) mass is 258 g/mol. The third-order valence-corrected chi connectivity index (χ3v) is 2.70. The van der Waals surface area contributed by atoms with Gasteiger partial charge in [-0.3, -0.25) is 0 Å². The Morgan fingerprint density at radius 3 is 2.84 bits per heavy atom. The zero-order chi connectivity index (χ0) is 13.8. The Morgan fingerprint density at radius 1 is 1.42 bits per heavy atom. The van der Waals surface area contributed by atoms with Gasteiger partial charge in [0.05, 0.1) is 19.3 Å². The lowest BCUT2D eigenvalue weighted by Gasteiger charge is -2.07. The Kier molecular flexibility index (Phi) is 3.82. The van der Waals surface area contributed by atoms with Crippen molar-refractivity contribution >= 4 is 17.0 Å². The first-order chi connectivity index (χ1) is 9.15. The minimum atomic E-state index is -0.420. The highest BCUT2D eigenvalue weighted by molar-refractivity contribution is 5.88. The van der Waals surface area contributed by atoms with Crippen LogP contribution in [-0.2, 0) is 0 Å². The Balaban J connectivity index is 2.66. The highest BCUT2D eigenvalue weighted by atomic mass is 16.5. The van der Waals surface area contributed by atoms with E-state index in [9.17, 15) is 4.79 Å². The second-order valence-corrected chi connectivity index (χ2v) is 4.00. The molecule has 1 aromatic heterocycles. The summed E-state index contributed by atoms with van der Waals surface area (Å²) < 4.78 is 10.5. The smallest absolute Gasteiger partial charge is 0.336 e. The summed E-state index contributed by atoms with van der Waals surface area (Å²) in [5.74, 6) is 0.587. The molecule has 0 spiro atoms. The summed E-state index contributed by atoms with van der Waals surface area (Å²) >= 11 is 0. The molecule has 0 aliphatic carbocycles. The molecule has 1 N–H and O–H groups in total. The summed E-state index contributed by atoms with van der Waals surface area (Å²) in [6, 6.07) is 6.67. The largest absolute Gasteiger partial charge is 0.496 e. The maximum atomic E-state index is 11.3. The molecule has 0 amide bonds. The van der Waals surface area contributed by atoms with Crippen LogP contribution in [0.25, 0.3) is 17.0 Å². The van der Waals surface area contributed by atoms with E-state index in [0.29, 0.717) is 22.5 Å². The van der Waals surface area contributed by atoms with E-state index < -0.39 is 5.63 Å². The number of ether oxygens (including phenoxy) is 1. The quantitative estimate of drug-likeness (QED) is 0.675. The second-order valence-electron chi connectivity index (χ2n) is 4.00. The number of hydrogen-bond donors (Lipinski definition) is 1. The second kappa shape index (κ2) is 5.54. The lowest BCUT2D eigenvalue weighted by Crippen LogP contribution is -1.97. The average Bonchev–Trinajstić information content (AvgIpc) is 2.44. The molecule has 0 saturated heterocycles. The lowest BCUT2D eigenvalue weighted by molar-refractivity contribution is 0.335. The molecule has 0 unspecified atom stereocenters. The summed E-state index contributed by atoms with van der Waals surface area (Å²) in [7, 11) is 1.54. The molecule has 19 heavy (non-hydrogen) atoms. The molecule has 2 rings (SSSR count). The summed E-state index contributed by atoms with van der Waals surface area (Å²) in [4.78, 5) is 11.3. The zero-order valence-corrected chi connectivity index (χ0v) is 10.6. The van der Waals surface area contributed by atoms with Crippen molar-refractivity contribution in [2.24, 2.45) is 0 Å². The number of hydrogen-bond acceptors (Lipinski definition) is 4. The van der Waals surface area contributed by atoms with Gasteiger partial charge in [0, 0.05) is 11.5 Å². The fourth-order valence-electron chi connectivity index (χ4n) is 1.73. The van der Waals surface area contributed by atoms with Crippen LogP contribution in [0.3, 0.4) is 0 Å². The predicted octanol–water partition coefficient (Wildman–Crippen LogP) is 2.36. The van der Waals surface area contributed by atoms with E-state index in [0.717, 1.165) is 5.39 Å². The molecule has 0 aliphatic rings. The third-order valence-electron chi connectivity index (χ3n) is 2.70. The van der Waals surface area contributed by atoms with Gasteiger partial charge in [0.2, 0.25) is 0 Å². The topological polar surface area (TPSA) is 59.7 Å². The van der Waals surface area contributed by atoms with Crippen LogP contribution in [0, 0.1) is 0 Å². The van der Waals surface area contributed by atoms with Crippen molar-refractivity contribution in [2.45, 2.75) is 0 Å². The molecule has 0 atom stereocenters. The average molecular weight is 258 g/mol. The Bertz CT molecular complexity index is 695. The van der Waals surface area contributed by atoms with E-state index in [2.05, 4.69) is 6.58 Å². The highest BCUT2D eigenvalue weighted by Crippen LogP contribution is 2.28. The predicted molar refractivity (Wildman–Crippen MR) is 74.3 cm³/mol. The Labute approximate surface area is 110 Å². The van der Waals surface area contributed by atoms with Gasteiger partial charge < -0.3 is 14.3 Å². The van der Waals surface area contributed by atoms with E-state index >= 15 is 0 Å². The standard InChI is InChI=1S/C15H14O4/c1-10(9-16)3-6-12-13(18-2)7-4-11-5-8-14(17)19-15(11)12/h3-8,16H,1,9H2,2H3/b6-3-. The van der Waals surface area contributed by atoms with Crippen molar-refractivity contribution in [1.29, 1.82) is 0 Å². The van der Waals surface area contributed by atoms with Gasteiger partial charge >= 0.3 is 5.63 Å². The number of benzene rings is 1. The summed E-state index contributed by atoms with van der Waals surface area (Å²) in [6.07, 6.45) is 3.37. The third kappa shape index (κ3) is 2.74.